The summed E-state index contributed by atoms with van der Waals surface area (Å²) in [5, 5.41) is 4.82. The second-order valence-corrected chi connectivity index (χ2v) is 6.61. The number of thiophene rings is 1. The number of carbonyl (C=O) groups is 2. The van der Waals surface area contributed by atoms with Gasteiger partial charge in [0, 0.05) is 9.35 Å². The van der Waals surface area contributed by atoms with Gasteiger partial charge < -0.3 is 10.1 Å². The van der Waals surface area contributed by atoms with E-state index in [1.807, 2.05) is 41.8 Å². The summed E-state index contributed by atoms with van der Waals surface area (Å²) in [5.74, 6) is -0.466. The molecule has 1 heterocycles. The molecule has 0 saturated carbocycles. The summed E-state index contributed by atoms with van der Waals surface area (Å²) in [5.41, 5.74) is 0.920. The fourth-order valence-corrected chi connectivity index (χ4v) is 3.04. The van der Waals surface area contributed by atoms with Gasteiger partial charge in [-0.25, -0.2) is 0 Å². The number of rotatable bonds is 6. The lowest BCUT2D eigenvalue weighted by Gasteiger charge is -2.16. The molecule has 0 bridgehead atoms. The summed E-state index contributed by atoms with van der Waals surface area (Å²) in [6.45, 7) is 0. The van der Waals surface area contributed by atoms with Crippen LogP contribution in [-0.4, -0.2) is 19.0 Å². The zero-order chi connectivity index (χ0) is 15.9. The number of hydrogen-bond acceptors (Lipinski definition) is 4. The first-order valence-corrected chi connectivity index (χ1v) is 8.40. The Morgan fingerprint density at radius 2 is 2.00 bits per heavy atom. The molecule has 0 radical (unpaired) electrons. The van der Waals surface area contributed by atoms with Crippen molar-refractivity contribution >= 4 is 39.1 Å². The summed E-state index contributed by atoms with van der Waals surface area (Å²) in [6.07, 6.45) is 0.402. The minimum atomic E-state index is -0.351. The highest BCUT2D eigenvalue weighted by molar-refractivity contribution is 9.10. The van der Waals surface area contributed by atoms with E-state index < -0.39 is 0 Å². The molecule has 22 heavy (non-hydrogen) atoms. The molecular formula is C16H16BrNO3S. The lowest BCUT2D eigenvalue weighted by molar-refractivity contribution is -0.141. The molecule has 0 aliphatic heterocycles. The van der Waals surface area contributed by atoms with Crippen molar-refractivity contribution in [2.24, 2.45) is 0 Å². The van der Waals surface area contributed by atoms with Crippen molar-refractivity contribution in [2.45, 2.75) is 18.9 Å². The van der Waals surface area contributed by atoms with E-state index in [-0.39, 0.29) is 30.8 Å². The molecule has 1 unspecified atom stereocenters. The third-order valence-electron chi connectivity index (χ3n) is 3.10. The highest BCUT2D eigenvalue weighted by Crippen LogP contribution is 2.22. The monoisotopic (exact) mass is 381 g/mol. The average molecular weight is 382 g/mol. The van der Waals surface area contributed by atoms with Gasteiger partial charge in [-0.05, 0) is 29.1 Å². The SMILES string of the molecule is COC(=O)CC(NC(=O)Cc1ccc(Br)cc1)c1cccs1. The van der Waals surface area contributed by atoms with Crippen molar-refractivity contribution < 1.29 is 14.3 Å². The van der Waals surface area contributed by atoms with Gasteiger partial charge in [-0.15, -0.1) is 11.3 Å². The summed E-state index contributed by atoms with van der Waals surface area (Å²) >= 11 is 4.87. The van der Waals surface area contributed by atoms with Gasteiger partial charge in [-0.2, -0.15) is 0 Å². The van der Waals surface area contributed by atoms with Crippen LogP contribution in [0.5, 0.6) is 0 Å². The number of benzene rings is 1. The van der Waals surface area contributed by atoms with Crippen LogP contribution in [0, 0.1) is 0 Å². The molecule has 1 atom stereocenters. The largest absolute Gasteiger partial charge is 0.469 e. The molecule has 1 aromatic heterocycles. The fraction of sp³-hybridized carbons (Fsp3) is 0.250. The molecule has 0 saturated heterocycles. The molecule has 0 aliphatic carbocycles. The Morgan fingerprint density at radius 3 is 2.59 bits per heavy atom. The normalized spacial score (nSPS) is 11.7. The van der Waals surface area contributed by atoms with Crippen molar-refractivity contribution in [2.75, 3.05) is 7.11 Å². The average Bonchev–Trinajstić information content (AvgIpc) is 3.03. The van der Waals surface area contributed by atoms with Crippen molar-refractivity contribution in [1.82, 2.24) is 5.32 Å². The quantitative estimate of drug-likeness (QED) is 0.779. The number of esters is 1. The number of ether oxygens (including phenoxy) is 1. The van der Waals surface area contributed by atoms with Crippen LogP contribution in [0.1, 0.15) is 22.9 Å². The number of methoxy groups -OCH3 is 1. The second kappa shape index (κ2) is 8.10. The Balaban J connectivity index is 2.01. The van der Waals surface area contributed by atoms with Crippen LogP contribution >= 0.6 is 27.3 Å². The zero-order valence-electron chi connectivity index (χ0n) is 12.0. The highest BCUT2D eigenvalue weighted by Gasteiger charge is 2.19. The predicted octanol–water partition coefficient (Wildman–Crippen LogP) is 3.47. The first-order valence-electron chi connectivity index (χ1n) is 6.72. The van der Waals surface area contributed by atoms with E-state index in [9.17, 15) is 9.59 Å². The maximum Gasteiger partial charge on any atom is 0.307 e. The van der Waals surface area contributed by atoms with Crippen LogP contribution in [0.4, 0.5) is 0 Å². The molecule has 116 valence electrons. The van der Waals surface area contributed by atoms with E-state index in [0.717, 1.165) is 14.9 Å². The summed E-state index contributed by atoms with van der Waals surface area (Å²) in [7, 11) is 1.34. The number of amides is 1. The molecule has 0 spiro atoms. The van der Waals surface area contributed by atoms with E-state index in [0.29, 0.717) is 0 Å². The molecule has 1 N–H and O–H groups in total. The Morgan fingerprint density at radius 1 is 1.27 bits per heavy atom. The Hall–Kier alpha value is -1.66. The molecule has 2 rings (SSSR count). The number of hydrogen-bond donors (Lipinski definition) is 1. The van der Waals surface area contributed by atoms with Crippen LogP contribution in [0.3, 0.4) is 0 Å². The smallest absolute Gasteiger partial charge is 0.307 e. The van der Waals surface area contributed by atoms with Gasteiger partial charge in [-0.1, -0.05) is 34.1 Å². The standard InChI is InChI=1S/C16H16BrNO3S/c1-21-16(20)10-13(14-3-2-8-22-14)18-15(19)9-11-4-6-12(17)7-5-11/h2-8,13H,9-10H2,1H3,(H,18,19). The Labute approximate surface area is 141 Å². The molecular weight excluding hydrogens is 366 g/mol. The maximum absolute atomic E-state index is 12.2. The van der Waals surface area contributed by atoms with E-state index in [2.05, 4.69) is 21.2 Å². The number of halogens is 1. The first-order chi connectivity index (χ1) is 10.6. The molecule has 1 aromatic carbocycles. The molecule has 1 amide bonds. The predicted molar refractivity (Wildman–Crippen MR) is 89.7 cm³/mol. The van der Waals surface area contributed by atoms with Gasteiger partial charge in [0.05, 0.1) is 26.0 Å². The fourth-order valence-electron chi connectivity index (χ4n) is 2.00. The molecule has 6 heteroatoms. The van der Waals surface area contributed by atoms with Crippen molar-refractivity contribution in [3.8, 4) is 0 Å². The third-order valence-corrected chi connectivity index (χ3v) is 4.61. The van der Waals surface area contributed by atoms with Gasteiger partial charge in [0.15, 0.2) is 0 Å². The molecule has 2 aromatic rings. The summed E-state index contributed by atoms with van der Waals surface area (Å²) in [6, 6.07) is 11.0. The number of carbonyl (C=O) groups excluding carboxylic acids is 2. The zero-order valence-corrected chi connectivity index (χ0v) is 14.4. The van der Waals surface area contributed by atoms with Gasteiger partial charge >= 0.3 is 5.97 Å². The van der Waals surface area contributed by atoms with Gasteiger partial charge in [0.1, 0.15) is 0 Å². The van der Waals surface area contributed by atoms with Crippen molar-refractivity contribution in [3.05, 3.63) is 56.7 Å². The van der Waals surface area contributed by atoms with E-state index in [1.165, 1.54) is 18.4 Å². The highest BCUT2D eigenvalue weighted by atomic mass is 79.9. The maximum atomic E-state index is 12.2. The van der Waals surface area contributed by atoms with Crippen molar-refractivity contribution in [1.29, 1.82) is 0 Å². The van der Waals surface area contributed by atoms with Crippen LogP contribution in [0.15, 0.2) is 46.3 Å². The van der Waals surface area contributed by atoms with Gasteiger partial charge in [0.2, 0.25) is 5.91 Å². The molecule has 4 nitrogen and oxygen atoms in total. The number of nitrogens with one attached hydrogen (secondary N) is 1. The second-order valence-electron chi connectivity index (χ2n) is 4.72. The van der Waals surface area contributed by atoms with E-state index in [4.69, 9.17) is 4.74 Å². The van der Waals surface area contributed by atoms with E-state index >= 15 is 0 Å². The summed E-state index contributed by atoms with van der Waals surface area (Å²) < 4.78 is 5.67. The molecule has 0 aliphatic rings. The van der Waals surface area contributed by atoms with Crippen molar-refractivity contribution in [3.63, 3.8) is 0 Å². The van der Waals surface area contributed by atoms with Crippen LogP contribution in [-0.2, 0) is 20.7 Å². The minimum absolute atomic E-state index is 0.121. The third kappa shape index (κ3) is 4.96. The Kier molecular flexibility index (Phi) is 6.15. The lowest BCUT2D eigenvalue weighted by atomic mass is 10.1. The van der Waals surface area contributed by atoms with Crippen LogP contribution in [0.2, 0.25) is 0 Å². The topological polar surface area (TPSA) is 55.4 Å². The van der Waals surface area contributed by atoms with E-state index in [1.54, 1.807) is 0 Å². The minimum Gasteiger partial charge on any atom is -0.469 e. The van der Waals surface area contributed by atoms with Crippen LogP contribution in [0.25, 0.3) is 0 Å². The van der Waals surface area contributed by atoms with Crippen LogP contribution < -0.4 is 5.32 Å². The van der Waals surface area contributed by atoms with Gasteiger partial charge in [0.25, 0.3) is 0 Å². The first kappa shape index (κ1) is 16.7. The lowest BCUT2D eigenvalue weighted by Crippen LogP contribution is -2.31. The van der Waals surface area contributed by atoms with Gasteiger partial charge in [-0.3, -0.25) is 9.59 Å². The Bertz CT molecular complexity index is 625. The summed E-state index contributed by atoms with van der Waals surface area (Å²) in [4.78, 5) is 24.7. The molecule has 0 fully saturated rings.